The summed E-state index contributed by atoms with van der Waals surface area (Å²) in [6.07, 6.45) is 0. The van der Waals surface area contributed by atoms with Gasteiger partial charge in [0.05, 0.1) is 18.6 Å². The van der Waals surface area contributed by atoms with Crippen LogP contribution >= 0.6 is 27.3 Å². The van der Waals surface area contributed by atoms with Gasteiger partial charge in [0.25, 0.3) is 0 Å². The van der Waals surface area contributed by atoms with Crippen LogP contribution in [0.15, 0.2) is 52.3 Å². The third-order valence-corrected chi connectivity index (χ3v) is 6.54. The van der Waals surface area contributed by atoms with Crippen LogP contribution in [0.5, 0.6) is 5.75 Å². The highest BCUT2D eigenvalue weighted by atomic mass is 79.9. The summed E-state index contributed by atoms with van der Waals surface area (Å²) < 4.78 is 44.1. The molecule has 0 radical (unpaired) electrons. The Hall–Kier alpha value is -2.30. The molecule has 1 amide bonds. The Labute approximate surface area is 179 Å². The highest BCUT2D eigenvalue weighted by Crippen LogP contribution is 2.32. The average Bonchev–Trinajstić information content (AvgIpc) is 3.08. The van der Waals surface area contributed by atoms with Crippen molar-refractivity contribution in [2.24, 2.45) is 0 Å². The Kier molecular flexibility index (Phi) is 6.66. The van der Waals surface area contributed by atoms with Crippen LogP contribution in [0.4, 0.5) is 9.52 Å². The number of thiazole rings is 1. The Morgan fingerprint density at radius 2 is 2.07 bits per heavy atom. The van der Waals surface area contributed by atoms with Crippen LogP contribution < -0.4 is 10.1 Å². The van der Waals surface area contributed by atoms with Crippen molar-refractivity contribution in [3.63, 3.8) is 0 Å². The Balaban J connectivity index is 1.68. The zero-order valence-electron chi connectivity index (χ0n) is 15.2. The highest BCUT2D eigenvalue weighted by Gasteiger charge is 2.19. The van der Waals surface area contributed by atoms with Gasteiger partial charge in [0, 0.05) is 15.4 Å². The van der Waals surface area contributed by atoms with Gasteiger partial charge in [-0.3, -0.25) is 4.79 Å². The molecule has 2 aromatic carbocycles. The second kappa shape index (κ2) is 9.02. The Morgan fingerprint density at radius 3 is 2.79 bits per heavy atom. The highest BCUT2D eigenvalue weighted by molar-refractivity contribution is 9.10. The topological polar surface area (TPSA) is 85.4 Å². The molecule has 0 saturated carbocycles. The van der Waals surface area contributed by atoms with E-state index in [1.54, 1.807) is 29.6 Å². The molecule has 0 unspecified atom stereocenters. The molecule has 0 atom stereocenters. The lowest BCUT2D eigenvalue weighted by atomic mass is 10.1. The fourth-order valence-electron chi connectivity index (χ4n) is 2.62. The summed E-state index contributed by atoms with van der Waals surface area (Å²) >= 11 is 4.40. The number of benzene rings is 2. The predicted octanol–water partition coefficient (Wildman–Crippen LogP) is 4.27. The van der Waals surface area contributed by atoms with Crippen LogP contribution in [-0.2, 0) is 20.4 Å². The summed E-state index contributed by atoms with van der Waals surface area (Å²) in [6.45, 7) is 0. The molecule has 0 saturated heterocycles. The third-order valence-electron chi connectivity index (χ3n) is 3.81. The summed E-state index contributed by atoms with van der Waals surface area (Å²) in [5.74, 6) is -1.61. The SMILES string of the molecule is COc1ccc(F)cc1-c1csc(NC(=O)CS(=O)(=O)Cc2cccc(Br)c2)n1. The van der Waals surface area contributed by atoms with Gasteiger partial charge in [-0.1, -0.05) is 28.1 Å². The normalized spacial score (nSPS) is 11.3. The van der Waals surface area contributed by atoms with Gasteiger partial charge in [0.15, 0.2) is 15.0 Å². The molecule has 6 nitrogen and oxygen atoms in total. The van der Waals surface area contributed by atoms with Crippen LogP contribution in [0.1, 0.15) is 5.56 Å². The number of hydrogen-bond donors (Lipinski definition) is 1. The lowest BCUT2D eigenvalue weighted by Crippen LogP contribution is -2.23. The van der Waals surface area contributed by atoms with Crippen LogP contribution in [0, 0.1) is 5.82 Å². The largest absolute Gasteiger partial charge is 0.496 e. The van der Waals surface area contributed by atoms with E-state index in [4.69, 9.17) is 4.74 Å². The molecule has 0 bridgehead atoms. The first-order valence-corrected chi connectivity index (χ1v) is 11.8. The van der Waals surface area contributed by atoms with Gasteiger partial charge < -0.3 is 10.1 Å². The molecule has 0 spiro atoms. The number of rotatable bonds is 7. The maximum atomic E-state index is 13.6. The molecule has 10 heteroatoms. The maximum Gasteiger partial charge on any atom is 0.241 e. The number of carbonyl (C=O) groups excluding carboxylic acids is 1. The van der Waals surface area contributed by atoms with E-state index in [1.807, 2.05) is 0 Å². The maximum absolute atomic E-state index is 13.6. The fraction of sp³-hybridized carbons (Fsp3) is 0.158. The summed E-state index contributed by atoms with van der Waals surface area (Å²) in [5, 5.41) is 4.33. The quantitative estimate of drug-likeness (QED) is 0.525. The zero-order valence-corrected chi connectivity index (χ0v) is 18.4. The van der Waals surface area contributed by atoms with E-state index in [2.05, 4.69) is 26.2 Å². The van der Waals surface area contributed by atoms with Gasteiger partial charge in [-0.2, -0.15) is 0 Å². The Morgan fingerprint density at radius 1 is 1.28 bits per heavy atom. The number of halogens is 2. The number of amides is 1. The van der Waals surface area contributed by atoms with E-state index >= 15 is 0 Å². The molecule has 1 heterocycles. The van der Waals surface area contributed by atoms with Crippen molar-refractivity contribution in [2.45, 2.75) is 5.75 Å². The molecule has 1 N–H and O–H groups in total. The number of nitrogens with zero attached hydrogens (tertiary/aromatic N) is 1. The van der Waals surface area contributed by atoms with Crippen molar-refractivity contribution >= 4 is 48.1 Å². The van der Waals surface area contributed by atoms with E-state index in [0.29, 0.717) is 22.6 Å². The van der Waals surface area contributed by atoms with Crippen molar-refractivity contribution in [1.29, 1.82) is 0 Å². The zero-order chi connectivity index (χ0) is 21.0. The standard InChI is InChI=1S/C19H16BrFN2O4S2/c1-27-17-6-5-14(21)8-15(17)16-9-28-19(22-16)23-18(24)11-29(25,26)10-12-3-2-4-13(20)7-12/h2-9H,10-11H2,1H3,(H,22,23,24). The smallest absolute Gasteiger partial charge is 0.241 e. The monoisotopic (exact) mass is 498 g/mol. The average molecular weight is 499 g/mol. The Bertz CT molecular complexity index is 1150. The molecule has 152 valence electrons. The molecule has 0 aliphatic carbocycles. The minimum absolute atomic E-state index is 0.217. The van der Waals surface area contributed by atoms with Crippen LogP contribution in [0.3, 0.4) is 0 Å². The number of carbonyl (C=O) groups is 1. The van der Waals surface area contributed by atoms with Gasteiger partial charge in [-0.25, -0.2) is 17.8 Å². The number of methoxy groups -OCH3 is 1. The summed E-state index contributed by atoms with van der Waals surface area (Å²) in [7, 11) is -2.20. The first-order valence-electron chi connectivity index (χ1n) is 8.30. The van der Waals surface area contributed by atoms with E-state index in [9.17, 15) is 17.6 Å². The number of sulfone groups is 1. The van der Waals surface area contributed by atoms with Crippen molar-refractivity contribution in [1.82, 2.24) is 4.98 Å². The fourth-order valence-corrected chi connectivity index (χ4v) is 5.06. The van der Waals surface area contributed by atoms with Gasteiger partial charge in [0.1, 0.15) is 17.3 Å². The van der Waals surface area contributed by atoms with E-state index in [1.165, 1.54) is 25.3 Å². The molecular weight excluding hydrogens is 483 g/mol. The molecule has 29 heavy (non-hydrogen) atoms. The van der Waals surface area contributed by atoms with Crippen molar-refractivity contribution in [3.8, 4) is 17.0 Å². The summed E-state index contributed by atoms with van der Waals surface area (Å²) in [4.78, 5) is 16.4. The molecule has 0 aliphatic rings. The number of hydrogen-bond acceptors (Lipinski definition) is 6. The van der Waals surface area contributed by atoms with Gasteiger partial charge in [0.2, 0.25) is 5.91 Å². The van der Waals surface area contributed by atoms with Crippen molar-refractivity contribution < 1.29 is 22.3 Å². The van der Waals surface area contributed by atoms with Crippen LogP contribution in [0.2, 0.25) is 0 Å². The first kappa shape index (κ1) is 21.4. The molecular formula is C19H16BrFN2O4S2. The minimum Gasteiger partial charge on any atom is -0.496 e. The van der Waals surface area contributed by atoms with Crippen molar-refractivity contribution in [3.05, 3.63) is 63.7 Å². The summed E-state index contributed by atoms with van der Waals surface area (Å²) in [6, 6.07) is 10.9. The number of nitrogens with one attached hydrogen (secondary N) is 1. The van der Waals surface area contributed by atoms with E-state index in [0.717, 1.165) is 15.8 Å². The second-order valence-electron chi connectivity index (χ2n) is 6.09. The van der Waals surface area contributed by atoms with Gasteiger partial charge >= 0.3 is 0 Å². The number of aromatic nitrogens is 1. The predicted molar refractivity (Wildman–Crippen MR) is 114 cm³/mol. The summed E-state index contributed by atoms with van der Waals surface area (Å²) in [5.41, 5.74) is 1.44. The second-order valence-corrected chi connectivity index (χ2v) is 9.93. The lowest BCUT2D eigenvalue weighted by molar-refractivity contribution is -0.113. The number of anilines is 1. The molecule has 0 fully saturated rings. The van der Waals surface area contributed by atoms with Crippen LogP contribution in [-0.4, -0.2) is 32.2 Å². The van der Waals surface area contributed by atoms with E-state index in [-0.39, 0.29) is 10.9 Å². The van der Waals surface area contributed by atoms with E-state index < -0.39 is 27.3 Å². The van der Waals surface area contributed by atoms with Gasteiger partial charge in [-0.05, 0) is 35.9 Å². The third kappa shape index (κ3) is 5.84. The van der Waals surface area contributed by atoms with Crippen LogP contribution in [0.25, 0.3) is 11.3 Å². The molecule has 3 aromatic rings. The molecule has 0 aliphatic heterocycles. The lowest BCUT2D eigenvalue weighted by Gasteiger charge is -2.06. The molecule has 1 aromatic heterocycles. The van der Waals surface area contributed by atoms with Crippen molar-refractivity contribution in [2.75, 3.05) is 18.2 Å². The molecule has 3 rings (SSSR count). The number of ether oxygens (including phenoxy) is 1. The first-order chi connectivity index (χ1) is 13.8. The van der Waals surface area contributed by atoms with Gasteiger partial charge in [-0.15, -0.1) is 11.3 Å². The minimum atomic E-state index is -3.66.